The monoisotopic (exact) mass is 255 g/mol. The molecule has 0 fully saturated rings. The minimum atomic E-state index is 0.604. The predicted octanol–water partition coefficient (Wildman–Crippen LogP) is 2.22. The number of nitrogens with zero attached hydrogens (tertiary/aromatic N) is 4. The maximum absolute atomic E-state index is 9.20. The lowest BCUT2D eigenvalue weighted by Gasteiger charge is -2.10. The predicted molar refractivity (Wildman–Crippen MR) is 73.7 cm³/mol. The van der Waals surface area contributed by atoms with Crippen molar-refractivity contribution in [2.45, 2.75) is 27.3 Å². The van der Waals surface area contributed by atoms with E-state index in [1.807, 2.05) is 40.1 Å². The molecule has 0 aliphatic carbocycles. The Balaban J connectivity index is 2.25. The van der Waals surface area contributed by atoms with Gasteiger partial charge in [-0.2, -0.15) is 10.4 Å². The first-order chi connectivity index (χ1) is 9.01. The zero-order valence-electron chi connectivity index (χ0n) is 11.7. The van der Waals surface area contributed by atoms with Crippen molar-refractivity contribution in [2.75, 3.05) is 5.32 Å². The Bertz CT molecular complexity index is 649. The van der Waals surface area contributed by atoms with Gasteiger partial charge in [-0.15, -0.1) is 0 Å². The average Bonchev–Trinajstić information content (AvgIpc) is 2.64. The minimum absolute atomic E-state index is 0.604. The zero-order valence-corrected chi connectivity index (χ0v) is 11.7. The summed E-state index contributed by atoms with van der Waals surface area (Å²) in [6, 6.07) is 4.10. The Morgan fingerprint density at radius 2 is 2.05 bits per heavy atom. The lowest BCUT2D eigenvalue weighted by molar-refractivity contribution is 0.756. The van der Waals surface area contributed by atoms with E-state index in [1.54, 1.807) is 4.68 Å². The normalized spacial score (nSPS) is 10.3. The van der Waals surface area contributed by atoms with Crippen molar-refractivity contribution in [1.82, 2.24) is 14.8 Å². The van der Waals surface area contributed by atoms with Crippen molar-refractivity contribution in [3.63, 3.8) is 0 Å². The summed E-state index contributed by atoms with van der Waals surface area (Å²) >= 11 is 0. The second-order valence-electron chi connectivity index (χ2n) is 4.65. The van der Waals surface area contributed by atoms with Gasteiger partial charge in [0.25, 0.3) is 0 Å². The first-order valence-corrected chi connectivity index (χ1v) is 6.12. The van der Waals surface area contributed by atoms with E-state index in [9.17, 15) is 5.26 Å². The van der Waals surface area contributed by atoms with Gasteiger partial charge in [0.05, 0.1) is 22.6 Å². The van der Waals surface area contributed by atoms with Crippen LogP contribution in [-0.4, -0.2) is 14.8 Å². The third-order valence-corrected chi connectivity index (χ3v) is 3.02. The number of anilines is 1. The molecule has 0 saturated carbocycles. The van der Waals surface area contributed by atoms with Crippen LogP contribution in [-0.2, 0) is 13.6 Å². The van der Waals surface area contributed by atoms with Gasteiger partial charge in [0.2, 0.25) is 0 Å². The first kappa shape index (κ1) is 13.1. The van der Waals surface area contributed by atoms with Crippen LogP contribution >= 0.6 is 0 Å². The van der Waals surface area contributed by atoms with Gasteiger partial charge in [-0.1, -0.05) is 0 Å². The standard InChI is InChI=1S/C14H17N5/c1-9-5-14(13(6-15)11(3)17-9)16-7-12-8-19(4)18-10(12)2/h5,8H,7H2,1-4H3,(H,16,17). The van der Waals surface area contributed by atoms with Crippen molar-refractivity contribution >= 4 is 5.69 Å². The molecule has 5 nitrogen and oxygen atoms in total. The summed E-state index contributed by atoms with van der Waals surface area (Å²) in [6.45, 7) is 6.41. The molecule has 0 amide bonds. The number of hydrogen-bond donors (Lipinski definition) is 1. The molecule has 2 heterocycles. The highest BCUT2D eigenvalue weighted by Gasteiger charge is 2.09. The summed E-state index contributed by atoms with van der Waals surface area (Å²) in [7, 11) is 1.90. The Hall–Kier alpha value is -2.35. The molecule has 0 spiro atoms. The fourth-order valence-electron chi connectivity index (χ4n) is 2.12. The molecule has 2 aromatic rings. The second-order valence-corrected chi connectivity index (χ2v) is 4.65. The van der Waals surface area contributed by atoms with Crippen LogP contribution in [0.2, 0.25) is 0 Å². The molecule has 0 aliphatic rings. The quantitative estimate of drug-likeness (QED) is 0.913. The first-order valence-electron chi connectivity index (χ1n) is 6.12. The molecule has 98 valence electrons. The maximum Gasteiger partial charge on any atom is 0.103 e. The summed E-state index contributed by atoms with van der Waals surface area (Å²) in [5.41, 5.74) is 5.22. The third kappa shape index (κ3) is 2.74. The molecule has 0 radical (unpaired) electrons. The Labute approximate surface area is 112 Å². The fourth-order valence-corrected chi connectivity index (χ4v) is 2.12. The number of nitriles is 1. The molecular weight excluding hydrogens is 238 g/mol. The molecule has 0 aromatic carbocycles. The maximum atomic E-state index is 9.20. The van der Waals surface area contributed by atoms with E-state index in [-0.39, 0.29) is 0 Å². The summed E-state index contributed by atoms with van der Waals surface area (Å²) in [4.78, 5) is 4.30. The smallest absolute Gasteiger partial charge is 0.103 e. The van der Waals surface area contributed by atoms with Crippen LogP contribution < -0.4 is 5.32 Å². The van der Waals surface area contributed by atoms with Crippen molar-refractivity contribution in [3.8, 4) is 6.07 Å². The third-order valence-electron chi connectivity index (χ3n) is 3.02. The summed E-state index contributed by atoms with van der Waals surface area (Å²) in [5.74, 6) is 0. The van der Waals surface area contributed by atoms with Crippen molar-refractivity contribution in [1.29, 1.82) is 5.26 Å². The van der Waals surface area contributed by atoms with Crippen molar-refractivity contribution < 1.29 is 0 Å². The highest BCUT2D eigenvalue weighted by Crippen LogP contribution is 2.19. The molecule has 2 rings (SSSR count). The van der Waals surface area contributed by atoms with E-state index < -0.39 is 0 Å². The van der Waals surface area contributed by atoms with E-state index in [0.29, 0.717) is 12.1 Å². The zero-order chi connectivity index (χ0) is 14.0. The second kappa shape index (κ2) is 5.11. The fraction of sp³-hybridized carbons (Fsp3) is 0.357. The van der Waals surface area contributed by atoms with Gasteiger partial charge in [0.1, 0.15) is 6.07 Å². The molecule has 2 aromatic heterocycles. The van der Waals surface area contributed by atoms with Crippen LogP contribution in [0.5, 0.6) is 0 Å². The highest BCUT2D eigenvalue weighted by atomic mass is 15.2. The van der Waals surface area contributed by atoms with E-state index in [2.05, 4.69) is 21.5 Å². The minimum Gasteiger partial charge on any atom is -0.380 e. The summed E-state index contributed by atoms with van der Waals surface area (Å²) in [6.07, 6.45) is 1.98. The summed E-state index contributed by atoms with van der Waals surface area (Å²) < 4.78 is 1.79. The lowest BCUT2D eigenvalue weighted by atomic mass is 10.1. The Morgan fingerprint density at radius 3 is 2.63 bits per heavy atom. The molecule has 5 heteroatoms. The largest absolute Gasteiger partial charge is 0.380 e. The molecule has 19 heavy (non-hydrogen) atoms. The van der Waals surface area contributed by atoms with E-state index >= 15 is 0 Å². The number of aromatic nitrogens is 3. The van der Waals surface area contributed by atoms with E-state index in [0.717, 1.165) is 28.3 Å². The molecule has 1 N–H and O–H groups in total. The van der Waals surface area contributed by atoms with Crippen LogP contribution in [0.4, 0.5) is 5.69 Å². The number of nitrogens with one attached hydrogen (secondary N) is 1. The van der Waals surface area contributed by atoms with Crippen molar-refractivity contribution in [3.05, 3.63) is 40.5 Å². The lowest BCUT2D eigenvalue weighted by Crippen LogP contribution is -2.04. The van der Waals surface area contributed by atoms with Crippen molar-refractivity contribution in [2.24, 2.45) is 7.05 Å². The average molecular weight is 255 g/mol. The van der Waals surface area contributed by atoms with Gasteiger partial charge in [-0.25, -0.2) is 0 Å². The van der Waals surface area contributed by atoms with Gasteiger partial charge in [-0.05, 0) is 26.8 Å². The number of hydrogen-bond acceptors (Lipinski definition) is 4. The van der Waals surface area contributed by atoms with E-state index in [1.165, 1.54) is 0 Å². The van der Waals surface area contributed by atoms with Gasteiger partial charge in [0, 0.05) is 31.0 Å². The van der Waals surface area contributed by atoms with Crippen LogP contribution in [0.25, 0.3) is 0 Å². The molecule has 0 atom stereocenters. The molecular formula is C14H17N5. The topological polar surface area (TPSA) is 66.5 Å². The molecule has 0 saturated heterocycles. The Morgan fingerprint density at radius 1 is 1.32 bits per heavy atom. The van der Waals surface area contributed by atoms with E-state index in [4.69, 9.17) is 0 Å². The van der Waals surface area contributed by atoms with Gasteiger partial charge < -0.3 is 5.32 Å². The summed E-state index contributed by atoms with van der Waals surface area (Å²) in [5, 5.41) is 16.8. The molecule has 0 bridgehead atoms. The molecule has 0 unspecified atom stereocenters. The highest BCUT2D eigenvalue weighted by molar-refractivity contribution is 5.60. The Kier molecular flexibility index (Phi) is 3.52. The number of aryl methyl sites for hydroxylation is 4. The van der Waals surface area contributed by atoms with Crippen LogP contribution in [0.3, 0.4) is 0 Å². The van der Waals surface area contributed by atoms with Crippen LogP contribution in [0.15, 0.2) is 12.3 Å². The molecule has 0 aliphatic heterocycles. The van der Waals surface area contributed by atoms with Gasteiger partial charge >= 0.3 is 0 Å². The number of pyridine rings is 1. The van der Waals surface area contributed by atoms with Crippen LogP contribution in [0.1, 0.15) is 28.2 Å². The number of rotatable bonds is 3. The van der Waals surface area contributed by atoms with Gasteiger partial charge in [-0.3, -0.25) is 9.67 Å². The van der Waals surface area contributed by atoms with Crippen LogP contribution in [0, 0.1) is 32.1 Å². The SMILES string of the molecule is Cc1cc(NCc2cn(C)nc2C)c(C#N)c(C)n1. The van der Waals surface area contributed by atoms with Gasteiger partial charge in [0.15, 0.2) is 0 Å².